The number of aromatic nitrogens is 2. The number of nitrogens with zero attached hydrogens (tertiary/aromatic N) is 3. The molecule has 0 aliphatic rings. The van der Waals surface area contributed by atoms with Crippen LogP contribution >= 0.6 is 0 Å². The quantitative estimate of drug-likeness (QED) is 0.407. The lowest BCUT2D eigenvalue weighted by Gasteiger charge is -2.43. The van der Waals surface area contributed by atoms with Gasteiger partial charge >= 0.3 is 0 Å². The van der Waals surface area contributed by atoms with Crippen LogP contribution < -0.4 is 4.90 Å². The van der Waals surface area contributed by atoms with Crippen LogP contribution in [0.1, 0.15) is 28.3 Å². The van der Waals surface area contributed by atoms with Gasteiger partial charge in [0.1, 0.15) is 5.60 Å². The molecule has 2 aromatic carbocycles. The summed E-state index contributed by atoms with van der Waals surface area (Å²) in [6.07, 6.45) is 7.67. The van der Waals surface area contributed by atoms with Crippen molar-refractivity contribution < 1.29 is 9.84 Å². The number of rotatable bonds is 9. The van der Waals surface area contributed by atoms with Crippen molar-refractivity contribution in [2.75, 3.05) is 25.7 Å². The number of likely N-dealkylation sites (N-methyl/N-ethyl adjacent to an activating group) is 1. The molecule has 0 saturated heterocycles. The first-order valence-corrected chi connectivity index (χ1v) is 11.0. The Morgan fingerprint density at radius 3 is 2.03 bits per heavy atom. The predicted octanol–water partition coefficient (Wildman–Crippen LogP) is 4.78. The molecule has 5 nitrogen and oxygen atoms in total. The second-order valence-corrected chi connectivity index (χ2v) is 8.05. The lowest BCUT2D eigenvalue weighted by atomic mass is 9.77. The molecule has 2 aromatic heterocycles. The molecule has 0 radical (unpaired) electrons. The van der Waals surface area contributed by atoms with E-state index in [1.807, 2.05) is 61.6 Å². The highest BCUT2D eigenvalue weighted by Gasteiger charge is 2.44. The van der Waals surface area contributed by atoms with E-state index in [0.717, 1.165) is 23.2 Å². The number of pyridine rings is 2. The summed E-state index contributed by atoms with van der Waals surface area (Å²) in [5, 5.41) is 12.6. The molecule has 0 aliphatic carbocycles. The highest BCUT2D eigenvalue weighted by molar-refractivity contribution is 5.57. The SMILES string of the molecule is COCCc1ccccc1N(C)C(c1ccccc1)C(O)(c1cccnc1)c1cccnc1. The van der Waals surface area contributed by atoms with Crippen LogP contribution in [0.5, 0.6) is 0 Å². The number of benzene rings is 2. The Hall–Kier alpha value is -3.54. The molecule has 2 heterocycles. The summed E-state index contributed by atoms with van der Waals surface area (Å²) in [5.41, 5.74) is 3.17. The van der Waals surface area contributed by atoms with Gasteiger partial charge in [-0.15, -0.1) is 0 Å². The zero-order chi connectivity index (χ0) is 23.1. The minimum Gasteiger partial charge on any atom is -0.384 e. The van der Waals surface area contributed by atoms with Gasteiger partial charge in [0.05, 0.1) is 12.6 Å². The molecule has 5 heteroatoms. The molecule has 4 rings (SSSR count). The maximum atomic E-state index is 12.6. The Labute approximate surface area is 195 Å². The Morgan fingerprint density at radius 2 is 1.45 bits per heavy atom. The van der Waals surface area contributed by atoms with E-state index in [9.17, 15) is 5.11 Å². The van der Waals surface area contributed by atoms with Crippen molar-refractivity contribution >= 4 is 5.69 Å². The van der Waals surface area contributed by atoms with Crippen molar-refractivity contribution in [3.63, 3.8) is 0 Å². The van der Waals surface area contributed by atoms with Gasteiger partial charge in [-0.3, -0.25) is 9.97 Å². The highest BCUT2D eigenvalue weighted by atomic mass is 16.5. The van der Waals surface area contributed by atoms with Gasteiger partial charge in [0.15, 0.2) is 0 Å². The summed E-state index contributed by atoms with van der Waals surface area (Å²) in [4.78, 5) is 10.8. The second-order valence-electron chi connectivity index (χ2n) is 8.05. The molecule has 0 bridgehead atoms. The van der Waals surface area contributed by atoms with Gasteiger partial charge in [-0.1, -0.05) is 60.7 Å². The van der Waals surface area contributed by atoms with Crippen LogP contribution in [-0.4, -0.2) is 35.8 Å². The molecule has 0 fully saturated rings. The van der Waals surface area contributed by atoms with E-state index in [4.69, 9.17) is 4.74 Å². The van der Waals surface area contributed by atoms with E-state index in [1.165, 1.54) is 0 Å². The fourth-order valence-electron chi connectivity index (χ4n) is 4.46. The average molecular weight is 440 g/mol. The topological polar surface area (TPSA) is 58.5 Å². The summed E-state index contributed by atoms with van der Waals surface area (Å²) < 4.78 is 5.35. The summed E-state index contributed by atoms with van der Waals surface area (Å²) in [7, 11) is 3.74. The van der Waals surface area contributed by atoms with E-state index in [1.54, 1.807) is 31.9 Å². The standard InChI is InChI=1S/C28H29N3O2/c1-31(26-15-7-6-10-22(26)16-19-33-2)27(23-11-4-3-5-12-23)28(32,24-13-8-17-29-20-24)25-14-9-18-30-21-25/h3-15,17-18,20-21,27,32H,16,19H2,1-2H3. The van der Waals surface area contributed by atoms with E-state index < -0.39 is 11.6 Å². The number of ether oxygens (including phenoxy) is 1. The minimum atomic E-state index is -1.41. The molecule has 0 spiro atoms. The number of anilines is 1. The summed E-state index contributed by atoms with van der Waals surface area (Å²) >= 11 is 0. The van der Waals surface area contributed by atoms with Crippen LogP contribution in [0.4, 0.5) is 5.69 Å². The van der Waals surface area contributed by atoms with Crippen LogP contribution in [0.3, 0.4) is 0 Å². The van der Waals surface area contributed by atoms with Crippen molar-refractivity contribution in [3.05, 3.63) is 126 Å². The molecule has 168 valence electrons. The number of hydrogen-bond donors (Lipinski definition) is 1. The van der Waals surface area contributed by atoms with E-state index in [0.29, 0.717) is 17.7 Å². The van der Waals surface area contributed by atoms with Crippen LogP contribution in [0.25, 0.3) is 0 Å². The van der Waals surface area contributed by atoms with Crippen LogP contribution in [-0.2, 0) is 16.8 Å². The first-order chi connectivity index (χ1) is 16.2. The number of hydrogen-bond acceptors (Lipinski definition) is 5. The maximum Gasteiger partial charge on any atom is 0.142 e. The molecule has 33 heavy (non-hydrogen) atoms. The van der Waals surface area contributed by atoms with E-state index in [2.05, 4.69) is 39.1 Å². The first-order valence-electron chi connectivity index (χ1n) is 11.0. The average Bonchev–Trinajstić information content (AvgIpc) is 2.89. The van der Waals surface area contributed by atoms with E-state index >= 15 is 0 Å². The van der Waals surface area contributed by atoms with Crippen LogP contribution in [0, 0.1) is 0 Å². The molecule has 1 unspecified atom stereocenters. The highest BCUT2D eigenvalue weighted by Crippen LogP contribution is 2.45. The molecule has 0 saturated carbocycles. The Morgan fingerprint density at radius 1 is 0.848 bits per heavy atom. The molecule has 0 amide bonds. The van der Waals surface area contributed by atoms with Crippen LogP contribution in [0.15, 0.2) is 104 Å². The third-order valence-electron chi connectivity index (χ3n) is 6.05. The predicted molar refractivity (Wildman–Crippen MR) is 131 cm³/mol. The third-order valence-corrected chi connectivity index (χ3v) is 6.05. The lowest BCUT2D eigenvalue weighted by molar-refractivity contribution is 0.0487. The van der Waals surface area contributed by atoms with Crippen molar-refractivity contribution in [3.8, 4) is 0 Å². The number of aliphatic hydroxyl groups is 1. The molecular formula is C28H29N3O2. The summed E-state index contributed by atoms with van der Waals surface area (Å²) in [6.45, 7) is 0.621. The van der Waals surface area contributed by atoms with Crippen LogP contribution in [0.2, 0.25) is 0 Å². The Balaban J connectivity index is 1.94. The van der Waals surface area contributed by atoms with Gasteiger partial charge in [0.25, 0.3) is 0 Å². The van der Waals surface area contributed by atoms with Gasteiger partial charge in [0.2, 0.25) is 0 Å². The second kappa shape index (κ2) is 10.4. The minimum absolute atomic E-state index is 0.448. The fourth-order valence-corrected chi connectivity index (χ4v) is 4.46. The molecule has 1 N–H and O–H groups in total. The molecule has 1 atom stereocenters. The maximum absolute atomic E-state index is 12.6. The lowest BCUT2D eigenvalue weighted by Crippen LogP contribution is -2.44. The zero-order valence-electron chi connectivity index (χ0n) is 19.0. The van der Waals surface area contributed by atoms with Crippen molar-refractivity contribution in [1.29, 1.82) is 0 Å². The van der Waals surface area contributed by atoms with Gasteiger partial charge in [-0.05, 0) is 35.7 Å². The third kappa shape index (κ3) is 4.65. The van der Waals surface area contributed by atoms with Crippen molar-refractivity contribution in [2.24, 2.45) is 0 Å². The fraction of sp³-hybridized carbons (Fsp3) is 0.214. The number of para-hydroxylation sites is 1. The Kier molecular flexibility index (Phi) is 7.13. The molecular weight excluding hydrogens is 410 g/mol. The molecule has 0 aliphatic heterocycles. The van der Waals surface area contributed by atoms with Crippen molar-refractivity contribution in [2.45, 2.75) is 18.1 Å². The monoisotopic (exact) mass is 439 g/mol. The Bertz CT molecular complexity index is 1100. The van der Waals surface area contributed by atoms with Crippen molar-refractivity contribution in [1.82, 2.24) is 9.97 Å². The smallest absolute Gasteiger partial charge is 0.142 e. The molecule has 4 aromatic rings. The van der Waals surface area contributed by atoms with E-state index in [-0.39, 0.29) is 0 Å². The number of methoxy groups -OCH3 is 1. The van der Waals surface area contributed by atoms with Gasteiger partial charge in [0, 0.05) is 55.8 Å². The first kappa shape index (κ1) is 22.6. The van der Waals surface area contributed by atoms with Gasteiger partial charge in [-0.2, -0.15) is 0 Å². The van der Waals surface area contributed by atoms with Gasteiger partial charge in [-0.25, -0.2) is 0 Å². The summed E-state index contributed by atoms with van der Waals surface area (Å²) in [5.74, 6) is 0. The van der Waals surface area contributed by atoms with Gasteiger partial charge < -0.3 is 14.7 Å². The zero-order valence-corrected chi connectivity index (χ0v) is 19.0. The normalized spacial score (nSPS) is 12.3. The largest absolute Gasteiger partial charge is 0.384 e. The summed E-state index contributed by atoms with van der Waals surface area (Å²) in [6, 6.07) is 25.4.